The molecule has 1 aromatic heterocycles. The first-order chi connectivity index (χ1) is 9.33. The minimum atomic E-state index is 0.340. The van der Waals surface area contributed by atoms with Crippen LogP contribution in [-0.2, 0) is 11.3 Å². The number of ether oxygens (including phenoxy) is 1. The fourth-order valence-electron chi connectivity index (χ4n) is 2.36. The Hall–Kier alpha value is -1.20. The number of anilines is 1. The van der Waals surface area contributed by atoms with Gasteiger partial charge in [0.05, 0.1) is 11.8 Å². The van der Waals surface area contributed by atoms with Crippen LogP contribution in [0.3, 0.4) is 0 Å². The number of nitrogens with one attached hydrogen (secondary N) is 1. The highest BCUT2D eigenvalue weighted by Gasteiger charge is 2.21. The molecule has 1 aromatic rings. The highest BCUT2D eigenvalue weighted by molar-refractivity contribution is 5.38. The van der Waals surface area contributed by atoms with Gasteiger partial charge in [-0.05, 0) is 38.4 Å². The fraction of sp³-hybridized carbons (Fsp3) is 0.714. The zero-order valence-corrected chi connectivity index (χ0v) is 11.9. The third-order valence-electron chi connectivity index (χ3n) is 3.32. The fourth-order valence-corrected chi connectivity index (χ4v) is 2.36. The van der Waals surface area contributed by atoms with Gasteiger partial charge in [0, 0.05) is 26.2 Å². The van der Waals surface area contributed by atoms with Crippen molar-refractivity contribution >= 4 is 5.82 Å². The van der Waals surface area contributed by atoms with E-state index in [2.05, 4.69) is 33.4 Å². The van der Waals surface area contributed by atoms with E-state index in [0.717, 1.165) is 57.0 Å². The van der Waals surface area contributed by atoms with E-state index >= 15 is 0 Å². The quantitative estimate of drug-likeness (QED) is 0.845. The second kappa shape index (κ2) is 7.40. The molecule has 2 rings (SSSR count). The van der Waals surface area contributed by atoms with E-state index in [0.29, 0.717) is 6.10 Å². The van der Waals surface area contributed by atoms with Gasteiger partial charge in [-0.2, -0.15) is 5.10 Å². The first-order valence-corrected chi connectivity index (χ1v) is 7.17. The lowest BCUT2D eigenvalue weighted by atomic mass is 10.1. The smallest absolute Gasteiger partial charge is 0.151 e. The average Bonchev–Trinajstić information content (AvgIpc) is 2.46. The predicted molar refractivity (Wildman–Crippen MR) is 76.3 cm³/mol. The zero-order valence-electron chi connectivity index (χ0n) is 11.9. The lowest BCUT2D eigenvalue weighted by Gasteiger charge is -2.33. The molecular formula is C14H24N4O. The molecule has 1 aliphatic heterocycles. The van der Waals surface area contributed by atoms with Crippen molar-refractivity contribution in [2.24, 2.45) is 0 Å². The Morgan fingerprint density at radius 2 is 2.32 bits per heavy atom. The molecule has 0 aliphatic carbocycles. The van der Waals surface area contributed by atoms with Crippen molar-refractivity contribution in [1.82, 2.24) is 15.5 Å². The summed E-state index contributed by atoms with van der Waals surface area (Å²) in [5, 5.41) is 11.6. The van der Waals surface area contributed by atoms with Crippen molar-refractivity contribution < 1.29 is 4.74 Å². The van der Waals surface area contributed by atoms with Crippen LogP contribution in [0.4, 0.5) is 5.82 Å². The van der Waals surface area contributed by atoms with Gasteiger partial charge >= 0.3 is 0 Å². The average molecular weight is 264 g/mol. The number of hydrogen-bond acceptors (Lipinski definition) is 5. The lowest BCUT2D eigenvalue weighted by Crippen LogP contribution is -2.40. The monoisotopic (exact) mass is 264 g/mol. The normalized spacial score (nSPS) is 19.7. The third kappa shape index (κ3) is 4.14. The summed E-state index contributed by atoms with van der Waals surface area (Å²) in [7, 11) is 1.91. The molecule has 5 heteroatoms. The van der Waals surface area contributed by atoms with Crippen LogP contribution in [0.2, 0.25) is 0 Å². The van der Waals surface area contributed by atoms with Crippen LogP contribution in [-0.4, -0.2) is 43.0 Å². The third-order valence-corrected chi connectivity index (χ3v) is 3.32. The zero-order chi connectivity index (χ0) is 13.5. The number of hydrogen-bond donors (Lipinski definition) is 1. The van der Waals surface area contributed by atoms with Gasteiger partial charge in [-0.15, -0.1) is 5.10 Å². The van der Waals surface area contributed by atoms with E-state index in [1.807, 2.05) is 13.1 Å². The van der Waals surface area contributed by atoms with Gasteiger partial charge in [-0.3, -0.25) is 0 Å². The maximum absolute atomic E-state index is 5.85. The molecule has 1 aliphatic rings. The summed E-state index contributed by atoms with van der Waals surface area (Å²) in [6.45, 7) is 5.74. The van der Waals surface area contributed by atoms with E-state index in [1.54, 1.807) is 0 Å². The Morgan fingerprint density at radius 3 is 3.00 bits per heavy atom. The summed E-state index contributed by atoms with van der Waals surface area (Å²) < 4.78 is 5.85. The Labute approximate surface area is 115 Å². The van der Waals surface area contributed by atoms with Gasteiger partial charge in [0.1, 0.15) is 0 Å². The van der Waals surface area contributed by atoms with Crippen molar-refractivity contribution in [2.75, 3.05) is 31.6 Å². The Balaban J connectivity index is 1.92. The molecule has 0 saturated carbocycles. The minimum absolute atomic E-state index is 0.340. The summed E-state index contributed by atoms with van der Waals surface area (Å²) in [6, 6.07) is 4.09. The Bertz CT molecular complexity index is 368. The highest BCUT2D eigenvalue weighted by Crippen LogP contribution is 2.19. The van der Waals surface area contributed by atoms with E-state index in [4.69, 9.17) is 4.74 Å². The SMILES string of the molecule is CCCOC1CCCN(c2ccc(CNC)nn2)C1. The van der Waals surface area contributed by atoms with Crippen LogP contribution in [0.25, 0.3) is 0 Å². The van der Waals surface area contributed by atoms with Crippen molar-refractivity contribution in [3.05, 3.63) is 17.8 Å². The molecule has 0 amide bonds. The largest absolute Gasteiger partial charge is 0.376 e. The molecule has 19 heavy (non-hydrogen) atoms. The van der Waals surface area contributed by atoms with Gasteiger partial charge in [0.25, 0.3) is 0 Å². The molecule has 0 spiro atoms. The molecule has 1 N–H and O–H groups in total. The number of nitrogens with zero attached hydrogens (tertiary/aromatic N) is 3. The Morgan fingerprint density at radius 1 is 1.42 bits per heavy atom. The molecule has 0 aromatic carbocycles. The molecule has 1 unspecified atom stereocenters. The number of rotatable bonds is 6. The van der Waals surface area contributed by atoms with Gasteiger partial charge in [0.2, 0.25) is 0 Å². The summed E-state index contributed by atoms with van der Waals surface area (Å²) in [6.07, 6.45) is 3.73. The predicted octanol–water partition coefficient (Wildman–Crippen LogP) is 1.59. The van der Waals surface area contributed by atoms with Gasteiger partial charge < -0.3 is 15.0 Å². The molecule has 106 valence electrons. The molecule has 2 heterocycles. The summed E-state index contributed by atoms with van der Waals surface area (Å²) >= 11 is 0. The molecule has 0 bridgehead atoms. The minimum Gasteiger partial charge on any atom is -0.376 e. The standard InChI is InChI=1S/C14H24N4O/c1-3-9-19-13-5-4-8-18(11-13)14-7-6-12(10-15-2)16-17-14/h6-7,13,15H,3-5,8-11H2,1-2H3. The highest BCUT2D eigenvalue weighted by atomic mass is 16.5. The van der Waals surface area contributed by atoms with Crippen LogP contribution in [0, 0.1) is 0 Å². The van der Waals surface area contributed by atoms with Gasteiger partial charge in [-0.25, -0.2) is 0 Å². The van der Waals surface area contributed by atoms with Crippen LogP contribution < -0.4 is 10.2 Å². The first kappa shape index (κ1) is 14.2. The van der Waals surface area contributed by atoms with Crippen molar-refractivity contribution in [3.63, 3.8) is 0 Å². The second-order valence-electron chi connectivity index (χ2n) is 4.99. The summed E-state index contributed by atoms with van der Waals surface area (Å²) in [4.78, 5) is 2.28. The number of piperidine rings is 1. The van der Waals surface area contributed by atoms with E-state index in [9.17, 15) is 0 Å². The maximum Gasteiger partial charge on any atom is 0.151 e. The van der Waals surface area contributed by atoms with Crippen molar-refractivity contribution in [1.29, 1.82) is 0 Å². The maximum atomic E-state index is 5.85. The molecule has 0 radical (unpaired) electrons. The topological polar surface area (TPSA) is 50.3 Å². The second-order valence-corrected chi connectivity index (χ2v) is 4.99. The molecule has 1 atom stereocenters. The lowest BCUT2D eigenvalue weighted by molar-refractivity contribution is 0.0439. The van der Waals surface area contributed by atoms with Crippen LogP contribution in [0.1, 0.15) is 31.9 Å². The van der Waals surface area contributed by atoms with Crippen LogP contribution in [0.15, 0.2) is 12.1 Å². The first-order valence-electron chi connectivity index (χ1n) is 7.17. The Kier molecular flexibility index (Phi) is 5.54. The summed E-state index contributed by atoms with van der Waals surface area (Å²) in [5.41, 5.74) is 0.974. The molecule has 5 nitrogen and oxygen atoms in total. The van der Waals surface area contributed by atoms with E-state index in [-0.39, 0.29) is 0 Å². The van der Waals surface area contributed by atoms with Crippen LogP contribution in [0.5, 0.6) is 0 Å². The van der Waals surface area contributed by atoms with E-state index in [1.165, 1.54) is 0 Å². The van der Waals surface area contributed by atoms with Crippen molar-refractivity contribution in [3.8, 4) is 0 Å². The molecular weight excluding hydrogens is 240 g/mol. The van der Waals surface area contributed by atoms with E-state index < -0.39 is 0 Å². The van der Waals surface area contributed by atoms with Crippen molar-refractivity contribution in [2.45, 2.75) is 38.8 Å². The molecule has 1 saturated heterocycles. The number of aromatic nitrogens is 2. The van der Waals surface area contributed by atoms with Gasteiger partial charge in [-0.1, -0.05) is 6.92 Å². The summed E-state index contributed by atoms with van der Waals surface area (Å²) in [5.74, 6) is 0.963. The van der Waals surface area contributed by atoms with Gasteiger partial charge in [0.15, 0.2) is 5.82 Å². The molecule has 1 fully saturated rings. The van der Waals surface area contributed by atoms with Crippen LogP contribution >= 0.6 is 0 Å².